The van der Waals surface area contributed by atoms with Crippen molar-refractivity contribution >= 4 is 40.2 Å². The summed E-state index contributed by atoms with van der Waals surface area (Å²) in [4.78, 5) is 30.0. The Morgan fingerprint density at radius 3 is 2.43 bits per heavy atom. The number of hydrogen-bond acceptors (Lipinski definition) is 7. The maximum atomic E-state index is 16.3. The normalized spacial score (nSPS) is 19.0. The van der Waals surface area contributed by atoms with Crippen LogP contribution in [0.1, 0.15) is 33.6 Å². The van der Waals surface area contributed by atoms with Crippen molar-refractivity contribution in [3.8, 4) is 16.9 Å². The highest BCUT2D eigenvalue weighted by molar-refractivity contribution is 6.34. The number of carbonyl (C=O) groups is 1. The third-order valence-electron chi connectivity index (χ3n) is 8.32. The van der Waals surface area contributed by atoms with Crippen LogP contribution in [0.3, 0.4) is 0 Å². The van der Waals surface area contributed by atoms with Crippen LogP contribution in [-0.2, 0) is 4.79 Å². The molecule has 3 heterocycles. The molecule has 11 heteroatoms. The van der Waals surface area contributed by atoms with E-state index in [2.05, 4.69) is 23.5 Å². The lowest BCUT2D eigenvalue weighted by Gasteiger charge is -2.45. The average molecular weight is 599 g/mol. The molecule has 0 spiro atoms. The van der Waals surface area contributed by atoms with Crippen LogP contribution in [0.5, 0.6) is 5.75 Å². The van der Waals surface area contributed by atoms with E-state index in [-0.39, 0.29) is 33.6 Å². The molecule has 0 bridgehead atoms. The van der Waals surface area contributed by atoms with E-state index in [4.69, 9.17) is 16.6 Å². The van der Waals surface area contributed by atoms with Crippen LogP contribution < -0.4 is 9.80 Å². The molecule has 6 rings (SSSR count). The molecule has 8 nitrogen and oxygen atoms in total. The quantitative estimate of drug-likeness (QED) is 0.377. The van der Waals surface area contributed by atoms with Crippen LogP contribution in [0.15, 0.2) is 36.9 Å². The number of aromatic hydroxyl groups is 1. The molecule has 2 aliphatic heterocycles. The highest BCUT2D eigenvalue weighted by Gasteiger charge is 2.39. The first-order valence-electron chi connectivity index (χ1n) is 14.5. The highest BCUT2D eigenvalue weighted by Crippen LogP contribution is 2.43. The Morgan fingerprint density at radius 2 is 1.81 bits per heavy atom. The van der Waals surface area contributed by atoms with E-state index in [0.717, 1.165) is 6.07 Å². The Kier molecular flexibility index (Phi) is 8.57. The molecular weight excluding hydrogens is 562 g/mol. The summed E-state index contributed by atoms with van der Waals surface area (Å²) in [5.74, 6) is -1.30. The van der Waals surface area contributed by atoms with E-state index in [9.17, 15) is 14.3 Å². The van der Waals surface area contributed by atoms with Crippen molar-refractivity contribution in [2.75, 3.05) is 49.6 Å². The number of phenolic OH excluding ortho intramolecular Hbond substituents is 1. The molecule has 2 aromatic carbocycles. The minimum Gasteiger partial charge on any atom is -0.507 e. The summed E-state index contributed by atoms with van der Waals surface area (Å²) < 4.78 is 31.2. The number of benzene rings is 2. The van der Waals surface area contributed by atoms with Crippen LogP contribution in [0.4, 0.5) is 20.5 Å². The summed E-state index contributed by atoms with van der Waals surface area (Å²) in [6.07, 6.45) is 3.72. The fourth-order valence-corrected chi connectivity index (χ4v) is 6.08. The number of aromatic nitrogens is 2. The fraction of sp³-hybridized carbons (Fsp3) is 0.452. The summed E-state index contributed by atoms with van der Waals surface area (Å²) in [5.41, 5.74) is -0.558. The molecule has 0 radical (unpaired) electrons. The van der Waals surface area contributed by atoms with Gasteiger partial charge in [0.1, 0.15) is 22.9 Å². The number of likely N-dealkylation sites (N-methyl/N-ethyl adjacent to an activating group) is 1. The van der Waals surface area contributed by atoms with Crippen molar-refractivity contribution < 1.29 is 18.7 Å². The first kappa shape index (κ1) is 30.0. The second kappa shape index (κ2) is 12.0. The second-order valence-electron chi connectivity index (χ2n) is 10.9. The number of carbonyl (C=O) groups excluding carboxylic acids is 1. The lowest BCUT2D eigenvalue weighted by molar-refractivity contribution is -0.128. The van der Waals surface area contributed by atoms with Gasteiger partial charge in [-0.05, 0) is 51.1 Å². The Bertz CT molecular complexity index is 1490. The second-order valence-corrected chi connectivity index (χ2v) is 11.3. The van der Waals surface area contributed by atoms with E-state index in [0.29, 0.717) is 62.0 Å². The molecule has 1 N–H and O–H groups in total. The topological polar surface area (TPSA) is 76.0 Å². The predicted octanol–water partition coefficient (Wildman–Crippen LogP) is 5.47. The number of phenols is 1. The molecule has 3 aliphatic rings. The molecule has 1 aromatic heterocycles. The first-order valence-corrected chi connectivity index (χ1v) is 14.9. The molecule has 224 valence electrons. The lowest BCUT2D eigenvalue weighted by Crippen LogP contribution is -2.59. The Labute approximate surface area is 250 Å². The number of amides is 1. The van der Waals surface area contributed by atoms with Crippen LogP contribution in [-0.4, -0.2) is 88.7 Å². The maximum Gasteiger partial charge on any atom is 0.246 e. The standard InChI is InChI=1S/C29H31ClF2N6O2.C2H6/c1-4-23(40)38-11-10-36(13-16(38)2)28-19-12-20(30)24(25-21(31)6-5-7-22(25)39)26(32)27(19)33-29(34-28)37-14-18(15-37)35(3)17-8-9-17;1-2/h4-7,12,16-18,39H,1,8-11,13-15H2,2-3H3;1-2H3. The molecule has 1 amide bonds. The van der Waals surface area contributed by atoms with Gasteiger partial charge in [0.25, 0.3) is 0 Å². The van der Waals surface area contributed by atoms with Gasteiger partial charge in [0.05, 0.1) is 10.6 Å². The van der Waals surface area contributed by atoms with Crippen molar-refractivity contribution in [3.63, 3.8) is 0 Å². The van der Waals surface area contributed by atoms with Crippen LogP contribution in [0.25, 0.3) is 22.0 Å². The summed E-state index contributed by atoms with van der Waals surface area (Å²) in [7, 11) is 2.13. The van der Waals surface area contributed by atoms with Gasteiger partial charge in [-0.1, -0.05) is 38.1 Å². The van der Waals surface area contributed by atoms with Gasteiger partial charge < -0.3 is 19.8 Å². The minimum absolute atomic E-state index is 0.00157. The van der Waals surface area contributed by atoms with E-state index in [1.54, 1.807) is 4.90 Å². The van der Waals surface area contributed by atoms with Crippen molar-refractivity contribution in [2.45, 2.75) is 51.7 Å². The van der Waals surface area contributed by atoms with Gasteiger partial charge in [0.15, 0.2) is 5.82 Å². The zero-order valence-corrected chi connectivity index (χ0v) is 25.2. The van der Waals surface area contributed by atoms with Gasteiger partial charge in [-0.2, -0.15) is 4.98 Å². The van der Waals surface area contributed by atoms with Gasteiger partial charge in [0, 0.05) is 61.8 Å². The third kappa shape index (κ3) is 5.38. The van der Waals surface area contributed by atoms with Gasteiger partial charge >= 0.3 is 0 Å². The lowest BCUT2D eigenvalue weighted by atomic mass is 10.0. The zero-order chi connectivity index (χ0) is 30.3. The number of rotatable bonds is 6. The Hall–Kier alpha value is -3.50. The largest absolute Gasteiger partial charge is 0.507 e. The van der Waals surface area contributed by atoms with Gasteiger partial charge in [-0.25, -0.2) is 13.8 Å². The fourth-order valence-electron chi connectivity index (χ4n) is 5.79. The molecule has 2 saturated heterocycles. The van der Waals surface area contributed by atoms with Crippen LogP contribution in [0, 0.1) is 11.6 Å². The number of hydrogen-bond donors (Lipinski definition) is 1. The molecule has 42 heavy (non-hydrogen) atoms. The summed E-state index contributed by atoms with van der Waals surface area (Å²) in [5, 5.41) is 10.7. The highest BCUT2D eigenvalue weighted by atomic mass is 35.5. The Balaban J connectivity index is 0.00000173. The minimum atomic E-state index is -0.825. The number of halogens is 3. The molecule has 3 fully saturated rings. The number of nitrogens with zero attached hydrogens (tertiary/aromatic N) is 6. The van der Waals surface area contributed by atoms with Gasteiger partial charge in [-0.3, -0.25) is 9.69 Å². The molecule has 1 aliphatic carbocycles. The monoisotopic (exact) mass is 598 g/mol. The SMILES string of the molecule is C=CC(=O)N1CCN(c2nc(N3CC(N(C)C4CC4)C3)nc3c(F)c(-c4c(O)cccc4F)c(Cl)cc23)CC1C.CC. The van der Waals surface area contributed by atoms with E-state index in [1.807, 2.05) is 30.6 Å². The number of anilines is 2. The number of piperazine rings is 1. The molecule has 1 atom stereocenters. The van der Waals surface area contributed by atoms with Crippen molar-refractivity contribution in [1.29, 1.82) is 0 Å². The summed E-state index contributed by atoms with van der Waals surface area (Å²) in [6, 6.07) is 6.16. The van der Waals surface area contributed by atoms with Crippen molar-refractivity contribution in [3.05, 3.63) is 53.6 Å². The summed E-state index contributed by atoms with van der Waals surface area (Å²) >= 11 is 6.57. The van der Waals surface area contributed by atoms with Crippen LogP contribution >= 0.6 is 11.6 Å². The first-order chi connectivity index (χ1) is 20.2. The molecule has 1 saturated carbocycles. The smallest absolute Gasteiger partial charge is 0.246 e. The van der Waals surface area contributed by atoms with E-state index in [1.165, 1.54) is 37.1 Å². The van der Waals surface area contributed by atoms with Crippen molar-refractivity contribution in [2.24, 2.45) is 0 Å². The molecular formula is C31H37ClF2N6O2. The molecule has 3 aromatic rings. The average Bonchev–Trinajstić information content (AvgIpc) is 3.80. The van der Waals surface area contributed by atoms with Crippen molar-refractivity contribution in [1.82, 2.24) is 19.8 Å². The van der Waals surface area contributed by atoms with Gasteiger partial charge in [-0.15, -0.1) is 0 Å². The maximum absolute atomic E-state index is 16.3. The predicted molar refractivity (Wildman–Crippen MR) is 163 cm³/mol. The number of fused-ring (bicyclic) bond motifs is 1. The molecule has 1 unspecified atom stereocenters. The van der Waals surface area contributed by atoms with E-state index >= 15 is 4.39 Å². The van der Waals surface area contributed by atoms with Crippen LogP contribution in [0.2, 0.25) is 5.02 Å². The summed E-state index contributed by atoms with van der Waals surface area (Å²) in [6.45, 7) is 12.4. The Morgan fingerprint density at radius 1 is 1.10 bits per heavy atom. The third-order valence-corrected chi connectivity index (χ3v) is 8.62. The zero-order valence-electron chi connectivity index (χ0n) is 24.4. The van der Waals surface area contributed by atoms with E-state index < -0.39 is 17.4 Å². The van der Waals surface area contributed by atoms with Gasteiger partial charge in [0.2, 0.25) is 11.9 Å².